The summed E-state index contributed by atoms with van der Waals surface area (Å²) in [5.41, 5.74) is 2.34. The molecule has 6 heteroatoms. The molecule has 1 aliphatic heterocycles. The number of rotatable bonds is 4. The van der Waals surface area contributed by atoms with Crippen LogP contribution in [0.15, 0.2) is 54.7 Å². The Labute approximate surface area is 150 Å². The molecule has 1 atom stereocenters. The molecule has 0 radical (unpaired) electrons. The molecular formula is C20H19F2N3O. The zero-order chi connectivity index (χ0) is 17.9. The number of nitrogens with zero attached hydrogens (tertiary/aromatic N) is 2. The second-order valence-corrected chi connectivity index (χ2v) is 6.34. The minimum absolute atomic E-state index is 0.0856. The maximum Gasteiger partial charge on any atom is 0.127 e. The van der Waals surface area contributed by atoms with Gasteiger partial charge in [0.25, 0.3) is 0 Å². The maximum absolute atomic E-state index is 14.0. The van der Waals surface area contributed by atoms with Gasteiger partial charge in [-0.25, -0.2) is 13.8 Å². The zero-order valence-electron chi connectivity index (χ0n) is 14.2. The van der Waals surface area contributed by atoms with E-state index in [9.17, 15) is 8.78 Å². The maximum atomic E-state index is 14.0. The smallest absolute Gasteiger partial charge is 0.127 e. The Balaban J connectivity index is 1.57. The van der Waals surface area contributed by atoms with Crippen molar-refractivity contribution in [3.8, 4) is 11.3 Å². The molecule has 1 aromatic heterocycles. The fraction of sp³-hybridized carbons (Fsp3) is 0.250. The van der Waals surface area contributed by atoms with E-state index in [2.05, 4.69) is 14.9 Å². The fourth-order valence-electron chi connectivity index (χ4n) is 3.21. The summed E-state index contributed by atoms with van der Waals surface area (Å²) in [6, 6.07) is 13.0. The molecule has 4 nitrogen and oxygen atoms in total. The average Bonchev–Trinajstić information content (AvgIpc) is 3.15. The van der Waals surface area contributed by atoms with Gasteiger partial charge in [0.15, 0.2) is 0 Å². The predicted octanol–water partition coefficient (Wildman–Crippen LogP) is 3.93. The van der Waals surface area contributed by atoms with Crippen LogP contribution in [0.25, 0.3) is 11.3 Å². The molecule has 1 fully saturated rings. The van der Waals surface area contributed by atoms with Crippen molar-refractivity contribution in [3.63, 3.8) is 0 Å². The standard InChI is InChI=1S/C20H19F2N3O/c21-16-7-5-14(6-8-16)18-11-23-20(24-18)19-13-26-10-9-25(19)12-15-3-1-2-4-17(15)22/h1-8,11,19H,9-10,12-13H2,(H,23,24)/t19-/m0/s1. The summed E-state index contributed by atoms with van der Waals surface area (Å²) in [5, 5.41) is 0. The van der Waals surface area contributed by atoms with Crippen molar-refractivity contribution >= 4 is 0 Å². The number of morpholine rings is 1. The summed E-state index contributed by atoms with van der Waals surface area (Å²) in [6.45, 7) is 2.29. The number of aromatic nitrogens is 2. The minimum atomic E-state index is -0.273. The minimum Gasteiger partial charge on any atom is -0.378 e. The van der Waals surface area contributed by atoms with E-state index in [0.29, 0.717) is 31.9 Å². The van der Waals surface area contributed by atoms with Gasteiger partial charge in [0.05, 0.1) is 31.1 Å². The zero-order valence-corrected chi connectivity index (χ0v) is 14.2. The molecule has 3 aromatic rings. The van der Waals surface area contributed by atoms with Gasteiger partial charge in [-0.1, -0.05) is 18.2 Å². The normalized spacial score (nSPS) is 18.2. The van der Waals surface area contributed by atoms with Crippen LogP contribution in [0.2, 0.25) is 0 Å². The van der Waals surface area contributed by atoms with Gasteiger partial charge in [-0.2, -0.15) is 0 Å². The number of ether oxygens (including phenoxy) is 1. The van der Waals surface area contributed by atoms with Gasteiger partial charge in [0.1, 0.15) is 17.5 Å². The van der Waals surface area contributed by atoms with Gasteiger partial charge in [-0.15, -0.1) is 0 Å². The van der Waals surface area contributed by atoms with Crippen molar-refractivity contribution in [2.24, 2.45) is 0 Å². The van der Waals surface area contributed by atoms with Crippen LogP contribution in [0, 0.1) is 11.6 Å². The summed E-state index contributed by atoms with van der Waals surface area (Å²) in [5.74, 6) is 0.287. The topological polar surface area (TPSA) is 41.1 Å². The fourth-order valence-corrected chi connectivity index (χ4v) is 3.21. The molecule has 0 spiro atoms. The largest absolute Gasteiger partial charge is 0.378 e. The highest BCUT2D eigenvalue weighted by Crippen LogP contribution is 2.27. The van der Waals surface area contributed by atoms with Crippen LogP contribution in [0.4, 0.5) is 8.78 Å². The molecule has 0 saturated carbocycles. The number of imidazole rings is 1. The van der Waals surface area contributed by atoms with Gasteiger partial charge < -0.3 is 9.72 Å². The lowest BCUT2D eigenvalue weighted by atomic mass is 10.1. The lowest BCUT2D eigenvalue weighted by molar-refractivity contribution is -0.0160. The Hall–Kier alpha value is -2.57. The predicted molar refractivity (Wildman–Crippen MR) is 94.4 cm³/mol. The van der Waals surface area contributed by atoms with Gasteiger partial charge in [0.2, 0.25) is 0 Å². The third kappa shape index (κ3) is 3.52. The molecule has 0 unspecified atom stereocenters. The molecule has 2 heterocycles. The Morgan fingerprint density at radius 1 is 1.12 bits per heavy atom. The Bertz CT molecular complexity index is 879. The lowest BCUT2D eigenvalue weighted by Crippen LogP contribution is -2.39. The van der Waals surface area contributed by atoms with Crippen LogP contribution in [0.1, 0.15) is 17.4 Å². The summed E-state index contributed by atoms with van der Waals surface area (Å²) >= 11 is 0. The first kappa shape index (κ1) is 16.9. The van der Waals surface area contributed by atoms with E-state index < -0.39 is 0 Å². The van der Waals surface area contributed by atoms with Crippen LogP contribution in [-0.2, 0) is 11.3 Å². The van der Waals surface area contributed by atoms with Crippen molar-refractivity contribution < 1.29 is 13.5 Å². The van der Waals surface area contributed by atoms with Crippen molar-refractivity contribution in [3.05, 3.63) is 77.8 Å². The summed E-state index contributed by atoms with van der Waals surface area (Å²) in [4.78, 5) is 9.95. The molecule has 2 aromatic carbocycles. The molecular weight excluding hydrogens is 336 g/mol. The Morgan fingerprint density at radius 3 is 2.73 bits per heavy atom. The first-order chi connectivity index (χ1) is 12.7. The second-order valence-electron chi connectivity index (χ2n) is 6.34. The second kappa shape index (κ2) is 7.35. The van der Waals surface area contributed by atoms with Crippen molar-refractivity contribution in [1.82, 2.24) is 14.9 Å². The quantitative estimate of drug-likeness (QED) is 0.771. The molecule has 134 valence electrons. The monoisotopic (exact) mass is 355 g/mol. The van der Waals surface area contributed by atoms with Gasteiger partial charge in [-0.05, 0) is 35.9 Å². The number of hydrogen-bond donors (Lipinski definition) is 1. The Kier molecular flexibility index (Phi) is 4.77. The van der Waals surface area contributed by atoms with E-state index in [1.807, 2.05) is 6.07 Å². The molecule has 4 rings (SSSR count). The van der Waals surface area contributed by atoms with Gasteiger partial charge in [-0.3, -0.25) is 4.90 Å². The summed E-state index contributed by atoms with van der Waals surface area (Å²) < 4.78 is 32.8. The molecule has 1 saturated heterocycles. The molecule has 26 heavy (non-hydrogen) atoms. The van der Waals surface area contributed by atoms with Crippen LogP contribution in [-0.4, -0.2) is 34.6 Å². The Morgan fingerprint density at radius 2 is 1.92 bits per heavy atom. The highest BCUT2D eigenvalue weighted by Gasteiger charge is 2.27. The van der Waals surface area contributed by atoms with Crippen LogP contribution >= 0.6 is 0 Å². The van der Waals surface area contributed by atoms with E-state index in [4.69, 9.17) is 4.74 Å². The molecule has 0 aliphatic carbocycles. The van der Waals surface area contributed by atoms with E-state index in [0.717, 1.165) is 17.1 Å². The van der Waals surface area contributed by atoms with E-state index >= 15 is 0 Å². The van der Waals surface area contributed by atoms with Gasteiger partial charge >= 0.3 is 0 Å². The highest BCUT2D eigenvalue weighted by molar-refractivity contribution is 5.58. The number of nitrogens with one attached hydrogen (secondary N) is 1. The number of benzene rings is 2. The molecule has 1 aliphatic rings. The van der Waals surface area contributed by atoms with E-state index in [1.165, 1.54) is 18.2 Å². The third-order valence-electron chi connectivity index (χ3n) is 4.64. The molecule has 0 amide bonds. The number of H-pyrrole nitrogens is 1. The van der Waals surface area contributed by atoms with Crippen molar-refractivity contribution in [2.45, 2.75) is 12.6 Å². The average molecular weight is 355 g/mol. The van der Waals surface area contributed by atoms with Crippen molar-refractivity contribution in [1.29, 1.82) is 0 Å². The van der Waals surface area contributed by atoms with E-state index in [-0.39, 0.29) is 17.7 Å². The van der Waals surface area contributed by atoms with Crippen LogP contribution in [0.5, 0.6) is 0 Å². The van der Waals surface area contributed by atoms with Gasteiger partial charge in [0, 0.05) is 18.7 Å². The van der Waals surface area contributed by atoms with Crippen LogP contribution < -0.4 is 0 Å². The number of hydrogen-bond acceptors (Lipinski definition) is 3. The third-order valence-corrected chi connectivity index (χ3v) is 4.64. The molecule has 1 N–H and O–H groups in total. The molecule has 0 bridgehead atoms. The summed E-state index contributed by atoms with van der Waals surface area (Å²) in [6.07, 6.45) is 1.73. The lowest BCUT2D eigenvalue weighted by Gasteiger charge is -2.34. The van der Waals surface area contributed by atoms with E-state index in [1.54, 1.807) is 30.5 Å². The van der Waals surface area contributed by atoms with Crippen LogP contribution in [0.3, 0.4) is 0 Å². The first-order valence-corrected chi connectivity index (χ1v) is 8.57. The SMILES string of the molecule is Fc1ccc(-c2cnc([C@@H]3COCCN3Cc3ccccc3F)[nH]2)cc1. The first-order valence-electron chi connectivity index (χ1n) is 8.57. The summed E-state index contributed by atoms with van der Waals surface area (Å²) in [7, 11) is 0. The highest BCUT2D eigenvalue weighted by atomic mass is 19.1. The van der Waals surface area contributed by atoms with Crippen molar-refractivity contribution in [2.75, 3.05) is 19.8 Å². The number of aromatic amines is 1. The number of halogens is 2.